The maximum atomic E-state index is 13.7. The van der Waals surface area contributed by atoms with Crippen molar-refractivity contribution >= 4 is 23.5 Å². The molecule has 0 aliphatic carbocycles. The van der Waals surface area contributed by atoms with Crippen molar-refractivity contribution in [3.8, 4) is 11.5 Å². The van der Waals surface area contributed by atoms with Gasteiger partial charge in [-0.3, -0.25) is 9.59 Å². The van der Waals surface area contributed by atoms with Crippen LogP contribution >= 0.6 is 0 Å². The SMILES string of the molecule is O=C(C=Cc1ccc(O)c(O)c1)c1ccc(NC(=O)c2ccc(F)cc2F)cc1. The van der Waals surface area contributed by atoms with Crippen LogP contribution in [0.15, 0.2) is 66.7 Å². The number of ketones is 1. The van der Waals surface area contributed by atoms with E-state index in [1.54, 1.807) is 0 Å². The van der Waals surface area contributed by atoms with E-state index >= 15 is 0 Å². The van der Waals surface area contributed by atoms with Gasteiger partial charge in [-0.05, 0) is 60.2 Å². The lowest BCUT2D eigenvalue weighted by Crippen LogP contribution is -2.14. The summed E-state index contributed by atoms with van der Waals surface area (Å²) in [4.78, 5) is 24.3. The van der Waals surface area contributed by atoms with Crippen LogP contribution < -0.4 is 5.32 Å². The normalized spacial score (nSPS) is 10.8. The molecule has 0 aromatic heterocycles. The molecule has 5 nitrogen and oxygen atoms in total. The number of phenolic OH excluding ortho intramolecular Hbond substituents is 2. The summed E-state index contributed by atoms with van der Waals surface area (Å²) in [6.07, 6.45) is 2.78. The molecular weight excluding hydrogens is 380 g/mol. The van der Waals surface area contributed by atoms with Crippen LogP contribution in [0, 0.1) is 11.6 Å². The lowest BCUT2D eigenvalue weighted by atomic mass is 10.1. The average Bonchev–Trinajstić information content (AvgIpc) is 2.69. The number of amides is 1. The number of carbonyl (C=O) groups is 2. The van der Waals surface area contributed by atoms with Gasteiger partial charge in [-0.1, -0.05) is 12.1 Å². The highest BCUT2D eigenvalue weighted by atomic mass is 19.1. The number of benzene rings is 3. The summed E-state index contributed by atoms with van der Waals surface area (Å²) in [5.41, 5.74) is 0.906. The predicted octanol–water partition coefficient (Wildman–Crippen LogP) is 4.52. The first-order chi connectivity index (χ1) is 13.8. The maximum Gasteiger partial charge on any atom is 0.258 e. The molecule has 1 amide bonds. The van der Waals surface area contributed by atoms with Crippen molar-refractivity contribution in [3.05, 3.63) is 95.1 Å². The van der Waals surface area contributed by atoms with Crippen LogP contribution in [0.3, 0.4) is 0 Å². The van der Waals surface area contributed by atoms with E-state index in [1.807, 2.05) is 0 Å². The Bertz CT molecular complexity index is 1110. The van der Waals surface area contributed by atoms with Crippen LogP contribution in [0.1, 0.15) is 26.3 Å². The van der Waals surface area contributed by atoms with Crippen molar-refractivity contribution in [2.24, 2.45) is 0 Å². The molecule has 0 spiro atoms. The van der Waals surface area contributed by atoms with Crippen LogP contribution in [0.25, 0.3) is 6.08 Å². The second kappa shape index (κ2) is 8.35. The fourth-order valence-corrected chi connectivity index (χ4v) is 2.50. The van der Waals surface area contributed by atoms with Crippen molar-refractivity contribution in [1.82, 2.24) is 0 Å². The van der Waals surface area contributed by atoms with Gasteiger partial charge in [0, 0.05) is 17.3 Å². The number of halogens is 2. The lowest BCUT2D eigenvalue weighted by molar-refractivity contribution is 0.102. The first-order valence-electron chi connectivity index (χ1n) is 8.44. The van der Waals surface area contributed by atoms with E-state index in [1.165, 1.54) is 54.6 Å². The van der Waals surface area contributed by atoms with Gasteiger partial charge in [-0.25, -0.2) is 8.78 Å². The zero-order chi connectivity index (χ0) is 21.0. The molecule has 0 heterocycles. The molecular formula is C22H15F2NO4. The Kier molecular flexibility index (Phi) is 5.69. The number of phenols is 2. The van der Waals surface area contributed by atoms with Gasteiger partial charge in [0.25, 0.3) is 5.91 Å². The van der Waals surface area contributed by atoms with Crippen molar-refractivity contribution in [2.75, 3.05) is 5.32 Å². The molecule has 29 heavy (non-hydrogen) atoms. The Morgan fingerprint density at radius 3 is 2.24 bits per heavy atom. The van der Waals surface area contributed by atoms with E-state index < -0.39 is 17.5 Å². The Labute approximate surface area is 164 Å². The fourth-order valence-electron chi connectivity index (χ4n) is 2.50. The van der Waals surface area contributed by atoms with Gasteiger partial charge in [-0.2, -0.15) is 0 Å². The topological polar surface area (TPSA) is 86.6 Å². The third-order valence-corrected chi connectivity index (χ3v) is 4.03. The molecule has 146 valence electrons. The number of hydrogen-bond acceptors (Lipinski definition) is 4. The van der Waals surface area contributed by atoms with Crippen LogP contribution in [0.4, 0.5) is 14.5 Å². The predicted molar refractivity (Wildman–Crippen MR) is 104 cm³/mol. The number of hydrogen-bond donors (Lipinski definition) is 3. The summed E-state index contributed by atoms with van der Waals surface area (Å²) in [5, 5.41) is 21.2. The highest BCUT2D eigenvalue weighted by Crippen LogP contribution is 2.25. The fraction of sp³-hybridized carbons (Fsp3) is 0. The Balaban J connectivity index is 1.67. The number of nitrogens with one attached hydrogen (secondary N) is 1. The standard InChI is InChI=1S/C22H15F2NO4/c23-15-5-8-17(18(24)12-15)22(29)25-16-6-3-14(4-7-16)19(26)9-1-13-2-10-20(27)21(28)11-13/h1-12,27-28H,(H,25,29). The molecule has 0 saturated carbocycles. The van der Waals surface area contributed by atoms with Gasteiger partial charge < -0.3 is 15.5 Å². The second-order valence-corrected chi connectivity index (χ2v) is 6.10. The Hall–Kier alpha value is -4.00. The van der Waals surface area contributed by atoms with E-state index in [-0.39, 0.29) is 22.8 Å². The Morgan fingerprint density at radius 2 is 1.59 bits per heavy atom. The summed E-state index contributed by atoms with van der Waals surface area (Å²) < 4.78 is 26.6. The quantitative estimate of drug-likeness (QED) is 0.337. The van der Waals surface area contributed by atoms with Crippen molar-refractivity contribution < 1.29 is 28.6 Å². The molecule has 0 atom stereocenters. The van der Waals surface area contributed by atoms with Crippen LogP contribution in [0.2, 0.25) is 0 Å². The van der Waals surface area contributed by atoms with Crippen molar-refractivity contribution in [2.45, 2.75) is 0 Å². The molecule has 3 rings (SSSR count). The number of carbonyl (C=O) groups excluding carboxylic acids is 2. The minimum absolute atomic E-state index is 0.258. The molecule has 0 aliphatic heterocycles. The summed E-state index contributed by atoms with van der Waals surface area (Å²) in [5.74, 6) is -3.37. The van der Waals surface area contributed by atoms with Gasteiger partial charge >= 0.3 is 0 Å². The minimum atomic E-state index is -0.972. The number of anilines is 1. The van der Waals surface area contributed by atoms with Crippen LogP contribution in [0.5, 0.6) is 11.5 Å². The number of allylic oxidation sites excluding steroid dienone is 1. The average molecular weight is 395 g/mol. The third-order valence-electron chi connectivity index (χ3n) is 4.03. The van der Waals surface area contributed by atoms with Gasteiger partial charge in [0.15, 0.2) is 17.3 Å². The maximum absolute atomic E-state index is 13.7. The molecule has 3 N–H and O–H groups in total. The minimum Gasteiger partial charge on any atom is -0.504 e. The van der Waals surface area contributed by atoms with Gasteiger partial charge in [0.2, 0.25) is 0 Å². The van der Waals surface area contributed by atoms with Gasteiger partial charge in [-0.15, -0.1) is 0 Å². The molecule has 7 heteroatoms. The summed E-state index contributed by atoms with van der Waals surface area (Å²) in [6.45, 7) is 0. The first-order valence-corrected chi connectivity index (χ1v) is 8.44. The van der Waals surface area contributed by atoms with E-state index in [0.29, 0.717) is 22.9 Å². The largest absolute Gasteiger partial charge is 0.504 e. The van der Waals surface area contributed by atoms with E-state index in [2.05, 4.69) is 5.32 Å². The molecule has 0 bridgehead atoms. The lowest BCUT2D eigenvalue weighted by Gasteiger charge is -2.07. The van der Waals surface area contributed by atoms with Crippen LogP contribution in [-0.2, 0) is 0 Å². The van der Waals surface area contributed by atoms with Crippen molar-refractivity contribution in [1.29, 1.82) is 0 Å². The van der Waals surface area contributed by atoms with Crippen molar-refractivity contribution in [3.63, 3.8) is 0 Å². The monoisotopic (exact) mass is 395 g/mol. The second-order valence-electron chi connectivity index (χ2n) is 6.10. The highest BCUT2D eigenvalue weighted by molar-refractivity contribution is 6.08. The molecule has 0 fully saturated rings. The zero-order valence-corrected chi connectivity index (χ0v) is 14.9. The van der Waals surface area contributed by atoms with Gasteiger partial charge in [0.1, 0.15) is 11.6 Å². The van der Waals surface area contributed by atoms with E-state index in [0.717, 1.165) is 12.1 Å². The van der Waals surface area contributed by atoms with E-state index in [9.17, 15) is 28.6 Å². The van der Waals surface area contributed by atoms with Gasteiger partial charge in [0.05, 0.1) is 5.56 Å². The zero-order valence-electron chi connectivity index (χ0n) is 14.9. The smallest absolute Gasteiger partial charge is 0.258 e. The van der Waals surface area contributed by atoms with E-state index in [4.69, 9.17) is 0 Å². The molecule has 0 saturated heterocycles. The van der Waals surface area contributed by atoms with Crippen LogP contribution in [-0.4, -0.2) is 21.9 Å². The summed E-state index contributed by atoms with van der Waals surface area (Å²) >= 11 is 0. The Morgan fingerprint density at radius 1 is 0.862 bits per heavy atom. The number of rotatable bonds is 5. The first kappa shape index (κ1) is 19.8. The third kappa shape index (κ3) is 4.84. The molecule has 0 unspecified atom stereocenters. The molecule has 0 aliphatic rings. The summed E-state index contributed by atoms with van der Waals surface area (Å²) in [7, 11) is 0. The summed E-state index contributed by atoms with van der Waals surface area (Å²) in [6, 6.07) is 12.7. The molecule has 3 aromatic rings. The number of aromatic hydroxyl groups is 2. The molecule has 0 radical (unpaired) electrons. The highest BCUT2D eigenvalue weighted by Gasteiger charge is 2.13. The molecule has 3 aromatic carbocycles.